The zero-order valence-electron chi connectivity index (χ0n) is 20.5. The first-order chi connectivity index (χ1) is 17.1. The maximum Gasteiger partial charge on any atom is 0.288 e. The number of rotatable bonds is 11. The first kappa shape index (κ1) is 28.1. The number of carbonyl (C=O) groups excluding carboxylic acids is 1. The van der Waals surface area contributed by atoms with Crippen molar-refractivity contribution in [2.24, 2.45) is 0 Å². The highest BCUT2D eigenvalue weighted by molar-refractivity contribution is 9.10. The fraction of sp³-hybridized carbons (Fsp3) is 0.400. The van der Waals surface area contributed by atoms with Crippen LogP contribution in [0.1, 0.15) is 17.9 Å². The molecule has 11 heteroatoms. The molecule has 9 nitrogen and oxygen atoms in total. The highest BCUT2D eigenvalue weighted by Crippen LogP contribution is 2.32. The van der Waals surface area contributed by atoms with E-state index in [-0.39, 0.29) is 48.8 Å². The fourth-order valence-electron chi connectivity index (χ4n) is 3.72. The first-order valence-corrected chi connectivity index (χ1v) is 13.6. The Labute approximate surface area is 220 Å². The van der Waals surface area contributed by atoms with Crippen LogP contribution in [0.2, 0.25) is 0 Å². The number of nitrogens with zero attached hydrogens (tertiary/aromatic N) is 2. The lowest BCUT2D eigenvalue weighted by Gasteiger charge is -2.31. The highest BCUT2D eigenvalue weighted by Gasteiger charge is 2.30. The number of hydrogen-bond acceptors (Lipinski definition) is 7. The third-order valence-electron chi connectivity index (χ3n) is 5.66. The smallest absolute Gasteiger partial charge is 0.288 e. The molecular formula is C25H31BrN2O7S. The summed E-state index contributed by atoms with van der Waals surface area (Å²) in [5.74, 6) is 0.320. The number of amides is 1. The lowest BCUT2D eigenvalue weighted by atomic mass is 9.93. The number of aliphatic hydroxyl groups excluding tert-OH is 1. The second kappa shape index (κ2) is 12.7. The second-order valence-electron chi connectivity index (χ2n) is 8.35. The van der Waals surface area contributed by atoms with Crippen LogP contribution in [0, 0.1) is 0 Å². The average molecular weight is 584 g/mol. The summed E-state index contributed by atoms with van der Waals surface area (Å²) in [7, 11) is 0.919. The number of halogens is 1. The van der Waals surface area contributed by atoms with E-state index in [2.05, 4.69) is 15.9 Å². The molecule has 0 aliphatic carbocycles. The lowest BCUT2D eigenvalue weighted by Crippen LogP contribution is -2.38. The Morgan fingerprint density at radius 2 is 1.78 bits per heavy atom. The van der Waals surface area contributed by atoms with Crippen LogP contribution in [0.4, 0.5) is 0 Å². The maximum absolute atomic E-state index is 13.1. The van der Waals surface area contributed by atoms with E-state index >= 15 is 0 Å². The Balaban J connectivity index is 1.71. The SMILES string of the molecule is COc1ccc(S(=O)(=O)N(CCO)CCO[C@@H]2C[C@H](c3ccc(Br)cc3)C=C(C(=O)N(C)C)O2)cc1. The molecule has 1 amide bonds. The van der Waals surface area contributed by atoms with Gasteiger partial charge in [-0.05, 0) is 48.0 Å². The molecule has 2 atom stereocenters. The minimum absolute atomic E-state index is 0.00158. The van der Waals surface area contributed by atoms with Crippen LogP contribution < -0.4 is 4.74 Å². The van der Waals surface area contributed by atoms with Crippen LogP contribution in [0.15, 0.2) is 69.7 Å². The maximum atomic E-state index is 13.1. The summed E-state index contributed by atoms with van der Waals surface area (Å²) in [6, 6.07) is 13.8. The summed E-state index contributed by atoms with van der Waals surface area (Å²) in [6.07, 6.45) is 1.50. The van der Waals surface area contributed by atoms with E-state index < -0.39 is 16.3 Å². The predicted octanol–water partition coefficient (Wildman–Crippen LogP) is 2.96. The van der Waals surface area contributed by atoms with Gasteiger partial charge >= 0.3 is 0 Å². The quantitative estimate of drug-likeness (QED) is 0.434. The van der Waals surface area contributed by atoms with E-state index in [1.807, 2.05) is 24.3 Å². The molecule has 1 aliphatic rings. The van der Waals surface area contributed by atoms with Gasteiger partial charge in [0.25, 0.3) is 5.91 Å². The number of allylic oxidation sites excluding steroid dienone is 1. The molecule has 0 fully saturated rings. The molecule has 36 heavy (non-hydrogen) atoms. The van der Waals surface area contributed by atoms with Gasteiger partial charge in [-0.1, -0.05) is 28.1 Å². The van der Waals surface area contributed by atoms with Crippen LogP contribution >= 0.6 is 15.9 Å². The van der Waals surface area contributed by atoms with Crippen molar-refractivity contribution >= 4 is 31.9 Å². The minimum atomic E-state index is -3.86. The number of methoxy groups -OCH3 is 1. The van der Waals surface area contributed by atoms with Gasteiger partial charge in [-0.2, -0.15) is 4.31 Å². The standard InChI is InChI=1S/C25H31BrN2O7S/c1-27(2)25(30)23-16-19(18-4-6-20(26)7-5-18)17-24(35-23)34-15-13-28(12-14-29)36(31,32)22-10-8-21(33-3)9-11-22/h4-11,16,19,24,29H,12-15,17H2,1-3H3/t19-,24+/m1/s1. The third-order valence-corrected chi connectivity index (χ3v) is 8.11. The molecule has 0 aromatic heterocycles. The van der Waals surface area contributed by atoms with Crippen molar-refractivity contribution in [3.63, 3.8) is 0 Å². The summed E-state index contributed by atoms with van der Waals surface area (Å²) in [4.78, 5) is 14.1. The Hall–Kier alpha value is -2.44. The summed E-state index contributed by atoms with van der Waals surface area (Å²) < 4.78 is 45.2. The fourth-order valence-corrected chi connectivity index (χ4v) is 5.40. The van der Waals surface area contributed by atoms with Crippen molar-refractivity contribution in [3.05, 3.63) is 70.4 Å². The molecular weight excluding hydrogens is 552 g/mol. The average Bonchev–Trinajstić information content (AvgIpc) is 2.87. The van der Waals surface area contributed by atoms with E-state index in [1.54, 1.807) is 32.3 Å². The molecule has 0 unspecified atom stereocenters. The topological polar surface area (TPSA) is 106 Å². The zero-order chi connectivity index (χ0) is 26.3. The van der Waals surface area contributed by atoms with Crippen LogP contribution in [-0.2, 0) is 24.3 Å². The van der Waals surface area contributed by atoms with E-state index in [4.69, 9.17) is 14.2 Å². The van der Waals surface area contributed by atoms with Crippen molar-refractivity contribution < 1.29 is 32.5 Å². The van der Waals surface area contributed by atoms with Crippen LogP contribution in [0.25, 0.3) is 0 Å². The number of ether oxygens (including phenoxy) is 3. The zero-order valence-corrected chi connectivity index (χ0v) is 22.9. The Kier molecular flexibility index (Phi) is 9.92. The molecule has 3 rings (SSSR count). The van der Waals surface area contributed by atoms with Gasteiger partial charge in [0.05, 0.1) is 25.2 Å². The first-order valence-electron chi connectivity index (χ1n) is 11.4. The van der Waals surface area contributed by atoms with Crippen molar-refractivity contribution in [1.29, 1.82) is 0 Å². The number of aliphatic hydroxyl groups is 1. The number of benzene rings is 2. The molecule has 196 valence electrons. The van der Waals surface area contributed by atoms with Crippen LogP contribution in [-0.4, -0.2) is 82.4 Å². The van der Waals surface area contributed by atoms with Crippen molar-refractivity contribution in [2.75, 3.05) is 47.5 Å². The summed E-state index contributed by atoms with van der Waals surface area (Å²) in [5, 5.41) is 9.46. The van der Waals surface area contributed by atoms with Gasteiger partial charge in [-0.25, -0.2) is 8.42 Å². The van der Waals surface area contributed by atoms with Gasteiger partial charge in [0.1, 0.15) is 5.75 Å². The Morgan fingerprint density at radius 1 is 1.11 bits per heavy atom. The van der Waals surface area contributed by atoms with Gasteiger partial charge < -0.3 is 24.2 Å². The van der Waals surface area contributed by atoms with Gasteiger partial charge in [-0.15, -0.1) is 0 Å². The lowest BCUT2D eigenvalue weighted by molar-refractivity contribution is -0.151. The predicted molar refractivity (Wildman–Crippen MR) is 138 cm³/mol. The Morgan fingerprint density at radius 3 is 2.36 bits per heavy atom. The molecule has 2 aromatic rings. The minimum Gasteiger partial charge on any atom is -0.497 e. The molecule has 0 saturated carbocycles. The largest absolute Gasteiger partial charge is 0.497 e. The van der Waals surface area contributed by atoms with Gasteiger partial charge in [0, 0.05) is 44.0 Å². The molecule has 1 heterocycles. The van der Waals surface area contributed by atoms with Crippen molar-refractivity contribution in [2.45, 2.75) is 23.5 Å². The van der Waals surface area contributed by atoms with Crippen LogP contribution in [0.5, 0.6) is 5.75 Å². The van der Waals surface area contributed by atoms with E-state index in [0.29, 0.717) is 12.2 Å². The molecule has 0 spiro atoms. The monoisotopic (exact) mass is 582 g/mol. The van der Waals surface area contributed by atoms with Crippen LogP contribution in [0.3, 0.4) is 0 Å². The molecule has 1 N–H and O–H groups in total. The number of hydrogen-bond donors (Lipinski definition) is 1. The summed E-state index contributed by atoms with van der Waals surface area (Å²) in [6.45, 7) is -0.421. The second-order valence-corrected chi connectivity index (χ2v) is 11.2. The summed E-state index contributed by atoms with van der Waals surface area (Å²) >= 11 is 3.43. The molecule has 2 aromatic carbocycles. The summed E-state index contributed by atoms with van der Waals surface area (Å²) in [5.41, 5.74) is 1.00. The Bertz CT molecular complexity index is 1150. The highest BCUT2D eigenvalue weighted by atomic mass is 79.9. The number of carbonyl (C=O) groups is 1. The molecule has 1 aliphatic heterocycles. The number of sulfonamides is 1. The van der Waals surface area contributed by atoms with E-state index in [1.165, 1.54) is 24.1 Å². The number of likely N-dealkylation sites (N-methyl/N-ethyl adjacent to an activating group) is 1. The van der Waals surface area contributed by atoms with Gasteiger partial charge in [0.15, 0.2) is 5.76 Å². The third kappa shape index (κ3) is 7.07. The molecule has 0 radical (unpaired) electrons. The van der Waals surface area contributed by atoms with E-state index in [9.17, 15) is 18.3 Å². The van der Waals surface area contributed by atoms with Crippen molar-refractivity contribution in [3.8, 4) is 5.75 Å². The van der Waals surface area contributed by atoms with E-state index in [0.717, 1.165) is 14.3 Å². The van der Waals surface area contributed by atoms with Crippen molar-refractivity contribution in [1.82, 2.24) is 9.21 Å². The molecule has 0 bridgehead atoms. The van der Waals surface area contributed by atoms with Gasteiger partial charge in [0.2, 0.25) is 16.3 Å². The normalized spacial score (nSPS) is 17.9. The van der Waals surface area contributed by atoms with Gasteiger partial charge in [-0.3, -0.25) is 4.79 Å². The molecule has 0 saturated heterocycles.